The van der Waals surface area contributed by atoms with Gasteiger partial charge in [0.15, 0.2) is 0 Å². The summed E-state index contributed by atoms with van der Waals surface area (Å²) in [6.45, 7) is 2.72. The van der Waals surface area contributed by atoms with Crippen molar-refractivity contribution in [1.29, 1.82) is 0 Å². The molecule has 142 valence electrons. The number of fused-ring (bicyclic) bond motifs is 1. The molecule has 3 rings (SSSR count). The molecule has 0 atom stereocenters. The number of amides is 3. The van der Waals surface area contributed by atoms with E-state index in [9.17, 15) is 9.59 Å². The molecular weight excluding hydrogens is 354 g/mol. The number of urea groups is 1. The third-order valence-electron chi connectivity index (χ3n) is 4.23. The predicted octanol–water partition coefficient (Wildman–Crippen LogP) is 2.20. The molecule has 0 unspecified atom stereocenters. The number of hydrogen-bond donors (Lipinski definition) is 4. The summed E-state index contributed by atoms with van der Waals surface area (Å²) >= 11 is 0. The molecule has 0 aliphatic carbocycles. The van der Waals surface area contributed by atoms with Gasteiger partial charge in [0.25, 0.3) is 5.91 Å². The quantitative estimate of drug-likeness (QED) is 0.497. The minimum absolute atomic E-state index is 0.267. The van der Waals surface area contributed by atoms with Crippen molar-refractivity contribution in [1.82, 2.24) is 25.9 Å². The van der Waals surface area contributed by atoms with Crippen LogP contribution in [0.1, 0.15) is 23.6 Å². The van der Waals surface area contributed by atoms with E-state index < -0.39 is 0 Å². The van der Waals surface area contributed by atoms with E-state index in [2.05, 4.69) is 37.8 Å². The normalized spacial score (nSPS) is 10.0. The van der Waals surface area contributed by atoms with E-state index in [4.69, 9.17) is 0 Å². The van der Waals surface area contributed by atoms with Gasteiger partial charge >= 0.3 is 6.03 Å². The number of H-pyrrole nitrogens is 1. The van der Waals surface area contributed by atoms with Gasteiger partial charge in [-0.3, -0.25) is 4.79 Å². The summed E-state index contributed by atoms with van der Waals surface area (Å²) in [7, 11) is 0. The zero-order chi connectivity index (χ0) is 19.8. The third kappa shape index (κ3) is 4.89. The Morgan fingerprint density at radius 2 is 1.64 bits per heavy atom. The Hall–Kier alpha value is -3.79. The highest BCUT2D eigenvalue weighted by atomic mass is 16.2. The van der Waals surface area contributed by atoms with Gasteiger partial charge in [-0.15, -0.1) is 0 Å². The molecule has 0 bridgehead atoms. The monoisotopic (exact) mass is 375 g/mol. The highest BCUT2D eigenvalue weighted by molar-refractivity contribution is 5.93. The molecule has 1 aromatic carbocycles. The van der Waals surface area contributed by atoms with Crippen LogP contribution in [0, 0.1) is 11.8 Å². The fourth-order valence-corrected chi connectivity index (χ4v) is 2.82. The molecule has 7 nitrogen and oxygen atoms in total. The number of aromatic nitrogens is 2. The molecule has 0 saturated carbocycles. The minimum Gasteiger partial charge on any atom is -0.346 e. The lowest BCUT2D eigenvalue weighted by atomic mass is 10.1. The number of nitrogens with one attached hydrogen (secondary N) is 4. The first-order valence-corrected chi connectivity index (χ1v) is 8.87. The number of nitrogens with zero attached hydrogens (tertiary/aromatic N) is 1. The fourth-order valence-electron chi connectivity index (χ4n) is 2.82. The maximum atomic E-state index is 12.2. The third-order valence-corrected chi connectivity index (χ3v) is 4.23. The lowest BCUT2D eigenvalue weighted by Gasteiger charge is -2.12. The highest BCUT2D eigenvalue weighted by Gasteiger charge is 2.07. The Kier molecular flexibility index (Phi) is 6.26. The van der Waals surface area contributed by atoms with Gasteiger partial charge in [-0.25, -0.2) is 9.78 Å². The smallest absolute Gasteiger partial charge is 0.315 e. The molecule has 4 N–H and O–H groups in total. The maximum Gasteiger partial charge on any atom is 0.315 e. The van der Waals surface area contributed by atoms with Crippen LogP contribution in [0.15, 0.2) is 48.8 Å². The number of rotatable bonds is 6. The van der Waals surface area contributed by atoms with E-state index in [0.717, 1.165) is 27.7 Å². The summed E-state index contributed by atoms with van der Waals surface area (Å²) in [5.74, 6) is 4.68. The summed E-state index contributed by atoms with van der Waals surface area (Å²) in [4.78, 5) is 31.0. The molecule has 0 saturated heterocycles. The Balaban J connectivity index is 1.53. The molecule has 3 aromatic rings. The Labute approximate surface area is 162 Å². The molecule has 0 aliphatic heterocycles. The molecule has 0 radical (unpaired) electrons. The Morgan fingerprint density at radius 3 is 2.36 bits per heavy atom. The zero-order valence-corrected chi connectivity index (χ0v) is 15.5. The van der Waals surface area contributed by atoms with E-state index >= 15 is 0 Å². The second kappa shape index (κ2) is 9.24. The van der Waals surface area contributed by atoms with Crippen LogP contribution in [-0.2, 0) is 24.4 Å². The largest absolute Gasteiger partial charge is 0.346 e. The first kappa shape index (κ1) is 19.0. The van der Waals surface area contributed by atoms with E-state index in [1.165, 1.54) is 0 Å². The van der Waals surface area contributed by atoms with E-state index in [1.54, 1.807) is 13.1 Å². The number of hydrogen-bond acceptors (Lipinski definition) is 3. The van der Waals surface area contributed by atoms with Crippen LogP contribution in [0.2, 0.25) is 0 Å². The maximum absolute atomic E-state index is 12.2. The molecule has 7 heteroatoms. The van der Waals surface area contributed by atoms with Crippen molar-refractivity contribution in [3.8, 4) is 11.8 Å². The van der Waals surface area contributed by atoms with Crippen LogP contribution >= 0.6 is 0 Å². The van der Waals surface area contributed by atoms with Crippen LogP contribution in [-0.4, -0.2) is 21.9 Å². The predicted molar refractivity (Wildman–Crippen MR) is 107 cm³/mol. The summed E-state index contributed by atoms with van der Waals surface area (Å²) in [5.41, 5.74) is 3.64. The Morgan fingerprint density at radius 1 is 0.964 bits per heavy atom. The van der Waals surface area contributed by atoms with Crippen molar-refractivity contribution in [2.24, 2.45) is 0 Å². The molecule has 0 fully saturated rings. The molecule has 3 amide bonds. The van der Waals surface area contributed by atoms with Crippen LogP contribution < -0.4 is 16.0 Å². The minimum atomic E-state index is -0.323. The topological polar surface area (TPSA) is 98.9 Å². The van der Waals surface area contributed by atoms with Crippen LogP contribution in [0.25, 0.3) is 11.0 Å². The molecule has 2 heterocycles. The summed E-state index contributed by atoms with van der Waals surface area (Å²) < 4.78 is 0. The number of aromatic amines is 1. The lowest BCUT2D eigenvalue weighted by Crippen LogP contribution is -2.35. The number of pyridine rings is 1. The van der Waals surface area contributed by atoms with Crippen molar-refractivity contribution in [2.45, 2.75) is 26.6 Å². The van der Waals surface area contributed by atoms with Gasteiger partial charge in [0, 0.05) is 37.4 Å². The second-order valence-electron chi connectivity index (χ2n) is 6.07. The number of carbonyl (C=O) groups excluding carboxylic acids is 2. The van der Waals surface area contributed by atoms with Crippen molar-refractivity contribution in [3.63, 3.8) is 0 Å². The molecule has 0 spiro atoms. The zero-order valence-electron chi connectivity index (χ0n) is 15.5. The first-order valence-electron chi connectivity index (χ1n) is 8.87. The van der Waals surface area contributed by atoms with E-state index in [-0.39, 0.29) is 11.9 Å². The van der Waals surface area contributed by atoms with Gasteiger partial charge in [0.1, 0.15) is 5.65 Å². The van der Waals surface area contributed by atoms with Gasteiger partial charge in [0.2, 0.25) is 0 Å². The average molecular weight is 375 g/mol. The number of carbonyl (C=O) groups is 2. The summed E-state index contributed by atoms with van der Waals surface area (Å²) in [6, 6.07) is 11.2. The summed E-state index contributed by atoms with van der Waals surface area (Å²) in [5, 5.41) is 9.43. The number of benzene rings is 1. The van der Waals surface area contributed by atoms with Crippen molar-refractivity contribution in [3.05, 3.63) is 65.5 Å². The molecule has 28 heavy (non-hydrogen) atoms. The SMILES string of the molecule is CC#CC(=O)NCc1ccccc1CNC(=O)NCc1ccnc2[nH]ccc12. The van der Waals surface area contributed by atoms with Crippen molar-refractivity contribution >= 4 is 23.0 Å². The van der Waals surface area contributed by atoms with Crippen LogP contribution in [0.3, 0.4) is 0 Å². The first-order chi connectivity index (χ1) is 13.7. The van der Waals surface area contributed by atoms with Gasteiger partial charge in [-0.1, -0.05) is 30.2 Å². The molecule has 0 aliphatic rings. The van der Waals surface area contributed by atoms with E-state index in [0.29, 0.717) is 19.6 Å². The van der Waals surface area contributed by atoms with Gasteiger partial charge in [-0.2, -0.15) is 0 Å². The van der Waals surface area contributed by atoms with Gasteiger partial charge in [-0.05, 0) is 41.7 Å². The van der Waals surface area contributed by atoms with E-state index in [1.807, 2.05) is 42.6 Å². The standard InChI is InChI=1S/C21H21N5O2/c1-2-5-19(27)24-12-15-6-3-4-7-16(15)13-25-21(28)26-14-17-8-10-22-20-18(17)9-11-23-20/h3-4,6-11H,12-14H2,1H3,(H,22,23)(H,24,27)(H2,25,26,28). The summed E-state index contributed by atoms with van der Waals surface area (Å²) in [6.07, 6.45) is 3.53. The molecule has 2 aromatic heterocycles. The van der Waals surface area contributed by atoms with Crippen LogP contribution in [0.4, 0.5) is 4.79 Å². The van der Waals surface area contributed by atoms with Gasteiger partial charge < -0.3 is 20.9 Å². The van der Waals surface area contributed by atoms with Gasteiger partial charge in [0.05, 0.1) is 0 Å². The lowest BCUT2D eigenvalue weighted by molar-refractivity contribution is -0.115. The Bertz CT molecular complexity index is 1050. The highest BCUT2D eigenvalue weighted by Crippen LogP contribution is 2.14. The van der Waals surface area contributed by atoms with Crippen LogP contribution in [0.5, 0.6) is 0 Å². The van der Waals surface area contributed by atoms with Crippen molar-refractivity contribution < 1.29 is 9.59 Å². The molecular formula is C21H21N5O2. The second-order valence-corrected chi connectivity index (χ2v) is 6.07. The van der Waals surface area contributed by atoms with Crippen molar-refractivity contribution in [2.75, 3.05) is 0 Å². The average Bonchev–Trinajstić information content (AvgIpc) is 3.19. The fraction of sp³-hybridized carbons (Fsp3) is 0.190.